The minimum atomic E-state index is -3.77. The van der Waals surface area contributed by atoms with E-state index in [9.17, 15) is 16.8 Å². The third kappa shape index (κ3) is 3.12. The molecule has 0 aliphatic heterocycles. The zero-order chi connectivity index (χ0) is 14.1. The Bertz CT molecular complexity index is 780. The third-order valence-electron chi connectivity index (χ3n) is 2.30. The Morgan fingerprint density at radius 2 is 1.89 bits per heavy atom. The number of nitrogens with one attached hydrogen (secondary N) is 2. The number of sulfone groups is 1. The van der Waals surface area contributed by atoms with Crippen molar-refractivity contribution in [3.8, 4) is 0 Å². The molecule has 0 bridgehead atoms. The highest BCUT2D eigenvalue weighted by molar-refractivity contribution is 7.92. The minimum Gasteiger partial charge on any atom is -0.284 e. The number of aromatic nitrogens is 2. The van der Waals surface area contributed by atoms with Crippen LogP contribution in [0.4, 0.5) is 5.69 Å². The van der Waals surface area contributed by atoms with Gasteiger partial charge in [0.1, 0.15) is 4.90 Å². The second-order valence-corrected chi connectivity index (χ2v) is 7.54. The first-order chi connectivity index (χ1) is 8.79. The molecule has 1 heterocycles. The van der Waals surface area contributed by atoms with Crippen molar-refractivity contribution >= 4 is 25.5 Å². The molecule has 0 aliphatic carbocycles. The Morgan fingerprint density at radius 1 is 1.16 bits per heavy atom. The van der Waals surface area contributed by atoms with Crippen LogP contribution in [0.1, 0.15) is 0 Å². The molecular formula is C10H11N3O4S2. The van der Waals surface area contributed by atoms with E-state index in [4.69, 9.17) is 0 Å². The maximum atomic E-state index is 11.9. The van der Waals surface area contributed by atoms with Gasteiger partial charge in [-0.25, -0.2) is 16.8 Å². The number of hydrogen-bond donors (Lipinski definition) is 2. The third-order valence-corrected chi connectivity index (χ3v) is 4.76. The molecular weight excluding hydrogens is 290 g/mol. The molecule has 102 valence electrons. The van der Waals surface area contributed by atoms with E-state index in [-0.39, 0.29) is 15.5 Å². The molecule has 0 fully saturated rings. The van der Waals surface area contributed by atoms with Gasteiger partial charge in [-0.05, 0) is 18.2 Å². The van der Waals surface area contributed by atoms with Gasteiger partial charge >= 0.3 is 0 Å². The van der Waals surface area contributed by atoms with Crippen LogP contribution in [-0.2, 0) is 19.9 Å². The van der Waals surface area contributed by atoms with Gasteiger partial charge in [0.15, 0.2) is 9.84 Å². The second kappa shape index (κ2) is 4.67. The fourth-order valence-corrected chi connectivity index (χ4v) is 3.01. The van der Waals surface area contributed by atoms with Crippen molar-refractivity contribution in [1.29, 1.82) is 0 Å². The molecule has 2 N–H and O–H groups in total. The summed E-state index contributed by atoms with van der Waals surface area (Å²) in [5.74, 6) is 0. The van der Waals surface area contributed by atoms with Crippen LogP contribution in [0.3, 0.4) is 0 Å². The number of anilines is 1. The highest BCUT2D eigenvalue weighted by atomic mass is 32.2. The summed E-state index contributed by atoms with van der Waals surface area (Å²) in [6.45, 7) is 0. The lowest BCUT2D eigenvalue weighted by Gasteiger charge is -2.07. The molecule has 2 rings (SSSR count). The van der Waals surface area contributed by atoms with Crippen molar-refractivity contribution in [3.63, 3.8) is 0 Å². The molecule has 0 unspecified atom stereocenters. The van der Waals surface area contributed by atoms with Gasteiger partial charge in [0.25, 0.3) is 10.0 Å². The van der Waals surface area contributed by atoms with Crippen molar-refractivity contribution in [2.24, 2.45) is 0 Å². The van der Waals surface area contributed by atoms with E-state index in [1.165, 1.54) is 30.5 Å². The number of nitrogens with zero attached hydrogens (tertiary/aromatic N) is 1. The van der Waals surface area contributed by atoms with E-state index in [0.29, 0.717) is 0 Å². The van der Waals surface area contributed by atoms with Crippen LogP contribution in [-0.4, -0.2) is 33.3 Å². The van der Waals surface area contributed by atoms with E-state index < -0.39 is 19.9 Å². The van der Waals surface area contributed by atoms with Crippen LogP contribution in [0.5, 0.6) is 0 Å². The predicted octanol–water partition coefficient (Wildman–Crippen LogP) is 0.614. The van der Waals surface area contributed by atoms with Gasteiger partial charge in [0.05, 0.1) is 16.8 Å². The Kier molecular flexibility index (Phi) is 3.33. The van der Waals surface area contributed by atoms with Crippen LogP contribution in [0.25, 0.3) is 0 Å². The molecule has 0 amide bonds. The average molecular weight is 301 g/mol. The number of benzene rings is 1. The molecule has 0 atom stereocenters. The molecule has 1 aromatic heterocycles. The summed E-state index contributed by atoms with van der Waals surface area (Å²) in [7, 11) is -7.16. The molecule has 0 radical (unpaired) electrons. The molecule has 0 spiro atoms. The van der Waals surface area contributed by atoms with Gasteiger partial charge in [-0.2, -0.15) is 5.10 Å². The number of aromatic amines is 1. The first-order valence-electron chi connectivity index (χ1n) is 5.11. The van der Waals surface area contributed by atoms with Crippen molar-refractivity contribution in [2.75, 3.05) is 11.0 Å². The van der Waals surface area contributed by atoms with Crippen LogP contribution >= 0.6 is 0 Å². The summed E-state index contributed by atoms with van der Waals surface area (Å²) in [5, 5.41) is 5.94. The Hall–Kier alpha value is -1.87. The lowest BCUT2D eigenvalue weighted by molar-refractivity contribution is 0.599. The fourth-order valence-electron chi connectivity index (χ4n) is 1.39. The van der Waals surface area contributed by atoms with E-state index >= 15 is 0 Å². The average Bonchev–Trinajstić information content (AvgIpc) is 2.81. The number of sulfonamides is 1. The zero-order valence-corrected chi connectivity index (χ0v) is 11.5. The molecule has 1 aromatic carbocycles. The second-order valence-electron chi connectivity index (χ2n) is 3.84. The van der Waals surface area contributed by atoms with E-state index in [2.05, 4.69) is 14.9 Å². The molecule has 19 heavy (non-hydrogen) atoms. The van der Waals surface area contributed by atoms with Crippen molar-refractivity contribution in [1.82, 2.24) is 10.2 Å². The smallest absolute Gasteiger partial charge is 0.265 e. The Balaban J connectivity index is 2.35. The molecule has 0 saturated heterocycles. The van der Waals surface area contributed by atoms with Crippen LogP contribution in [0.15, 0.2) is 46.5 Å². The van der Waals surface area contributed by atoms with E-state index in [1.54, 1.807) is 0 Å². The van der Waals surface area contributed by atoms with Gasteiger partial charge in [-0.1, -0.05) is 6.07 Å². The maximum Gasteiger partial charge on any atom is 0.265 e. The van der Waals surface area contributed by atoms with Crippen molar-refractivity contribution < 1.29 is 16.8 Å². The van der Waals surface area contributed by atoms with Gasteiger partial charge in [-0.3, -0.25) is 9.82 Å². The highest BCUT2D eigenvalue weighted by Crippen LogP contribution is 2.18. The van der Waals surface area contributed by atoms with Crippen molar-refractivity contribution in [3.05, 3.63) is 36.7 Å². The topological polar surface area (TPSA) is 109 Å². The highest BCUT2D eigenvalue weighted by Gasteiger charge is 2.16. The summed E-state index contributed by atoms with van der Waals surface area (Å²) in [5.41, 5.74) is 0.170. The van der Waals surface area contributed by atoms with Crippen molar-refractivity contribution in [2.45, 2.75) is 9.79 Å². The summed E-state index contributed by atoms with van der Waals surface area (Å²) < 4.78 is 48.9. The van der Waals surface area contributed by atoms with Crippen LogP contribution in [0.2, 0.25) is 0 Å². The number of H-pyrrole nitrogens is 1. The van der Waals surface area contributed by atoms with Gasteiger partial charge in [-0.15, -0.1) is 0 Å². The van der Waals surface area contributed by atoms with Gasteiger partial charge < -0.3 is 0 Å². The van der Waals surface area contributed by atoms with Crippen LogP contribution < -0.4 is 4.72 Å². The van der Waals surface area contributed by atoms with Gasteiger partial charge in [0, 0.05) is 12.5 Å². The summed E-state index contributed by atoms with van der Waals surface area (Å²) in [6, 6.07) is 5.58. The standard InChI is InChI=1S/C10H11N3O4S2/c1-18(14,15)9-4-2-3-8(5-9)13-19(16,17)10-6-11-12-7-10/h2-7,13H,1H3,(H,11,12). The quantitative estimate of drug-likeness (QED) is 0.860. The summed E-state index contributed by atoms with van der Waals surface area (Å²) >= 11 is 0. The van der Waals surface area contributed by atoms with Gasteiger partial charge in [0.2, 0.25) is 0 Å². The SMILES string of the molecule is CS(=O)(=O)c1cccc(NS(=O)(=O)c2cn[nH]c2)c1. The fraction of sp³-hybridized carbons (Fsp3) is 0.100. The molecule has 0 aliphatic rings. The first-order valence-corrected chi connectivity index (χ1v) is 8.48. The Morgan fingerprint density at radius 3 is 2.47 bits per heavy atom. The predicted molar refractivity (Wildman–Crippen MR) is 68.9 cm³/mol. The summed E-state index contributed by atoms with van der Waals surface area (Å²) in [6.07, 6.45) is 3.43. The van der Waals surface area contributed by atoms with E-state index in [1.807, 2.05) is 0 Å². The molecule has 9 heteroatoms. The lowest BCUT2D eigenvalue weighted by atomic mass is 10.3. The summed E-state index contributed by atoms with van der Waals surface area (Å²) in [4.78, 5) is 0.0113. The van der Waals surface area contributed by atoms with Crippen LogP contribution in [0, 0.1) is 0 Å². The minimum absolute atomic E-state index is 0.0303. The van der Waals surface area contributed by atoms with E-state index in [0.717, 1.165) is 12.5 Å². The monoisotopic (exact) mass is 301 g/mol. The molecule has 7 nitrogen and oxygen atoms in total. The normalized spacial score (nSPS) is 12.3. The first kappa shape index (κ1) is 13.6. The molecule has 0 saturated carbocycles. The largest absolute Gasteiger partial charge is 0.284 e. The Labute approximate surface area is 110 Å². The maximum absolute atomic E-state index is 11.9. The number of rotatable bonds is 4. The lowest BCUT2D eigenvalue weighted by Crippen LogP contribution is -2.12. The molecule has 2 aromatic rings. The number of hydrogen-bond acceptors (Lipinski definition) is 5. The zero-order valence-electron chi connectivity index (χ0n) is 9.86.